The van der Waals surface area contributed by atoms with E-state index in [4.69, 9.17) is 0 Å². The Bertz CT molecular complexity index is 793. The van der Waals surface area contributed by atoms with Crippen molar-refractivity contribution in [1.29, 1.82) is 0 Å². The highest BCUT2D eigenvalue weighted by molar-refractivity contribution is 5.95. The zero-order valence-electron chi connectivity index (χ0n) is 12.5. The molecule has 2 aromatic rings. The van der Waals surface area contributed by atoms with E-state index >= 15 is 0 Å². The first-order valence-corrected chi connectivity index (χ1v) is 7.48. The predicted molar refractivity (Wildman–Crippen MR) is 87.1 cm³/mol. The number of carbonyl (C=O) groups is 2. The average molecular weight is 311 g/mol. The minimum atomic E-state index is -0.302. The van der Waals surface area contributed by atoms with Crippen LogP contribution < -0.4 is 16.2 Å². The molecular formula is C17H17N3O3. The molecule has 6 nitrogen and oxygen atoms in total. The van der Waals surface area contributed by atoms with Crippen LogP contribution in [0.25, 0.3) is 0 Å². The Morgan fingerprint density at radius 1 is 1.04 bits per heavy atom. The summed E-state index contributed by atoms with van der Waals surface area (Å²) in [4.78, 5) is 35.4. The molecule has 1 aromatic carbocycles. The van der Waals surface area contributed by atoms with Gasteiger partial charge in [0.15, 0.2) is 0 Å². The topological polar surface area (TPSA) is 80.2 Å². The first-order chi connectivity index (χ1) is 11.1. The van der Waals surface area contributed by atoms with Crippen molar-refractivity contribution in [1.82, 2.24) is 4.57 Å². The third-order valence-electron chi connectivity index (χ3n) is 3.57. The molecule has 1 fully saturated rings. The largest absolute Gasteiger partial charge is 0.326 e. The van der Waals surface area contributed by atoms with E-state index in [0.29, 0.717) is 11.4 Å². The standard InChI is InChI=1S/C17H17N3O3/c21-15(11-20-9-2-1-6-16(20)22)18-13-4-3-5-14(10-13)19-17(23)12-7-8-12/h1-6,9-10,12H,7-8,11H2,(H,18,21)(H,19,23). The second-order valence-corrected chi connectivity index (χ2v) is 5.56. The smallest absolute Gasteiger partial charge is 0.250 e. The number of hydrogen-bond acceptors (Lipinski definition) is 3. The summed E-state index contributed by atoms with van der Waals surface area (Å²) in [7, 11) is 0. The Kier molecular flexibility index (Phi) is 4.23. The van der Waals surface area contributed by atoms with Crippen molar-refractivity contribution in [2.45, 2.75) is 19.4 Å². The molecule has 1 aromatic heterocycles. The van der Waals surface area contributed by atoms with Gasteiger partial charge >= 0.3 is 0 Å². The first-order valence-electron chi connectivity index (χ1n) is 7.48. The van der Waals surface area contributed by atoms with E-state index < -0.39 is 0 Å². The van der Waals surface area contributed by atoms with Crippen LogP contribution in [-0.2, 0) is 16.1 Å². The number of aromatic nitrogens is 1. The summed E-state index contributed by atoms with van der Waals surface area (Å²) < 4.78 is 1.33. The van der Waals surface area contributed by atoms with Gasteiger partial charge in [-0.2, -0.15) is 0 Å². The van der Waals surface area contributed by atoms with Gasteiger partial charge in [0.25, 0.3) is 5.56 Å². The van der Waals surface area contributed by atoms with E-state index in [1.807, 2.05) is 0 Å². The monoisotopic (exact) mass is 311 g/mol. The van der Waals surface area contributed by atoms with Crippen molar-refractivity contribution in [2.75, 3.05) is 10.6 Å². The lowest BCUT2D eigenvalue weighted by atomic mass is 10.2. The van der Waals surface area contributed by atoms with E-state index in [0.717, 1.165) is 12.8 Å². The lowest BCUT2D eigenvalue weighted by Gasteiger charge is -2.09. The van der Waals surface area contributed by atoms with Crippen molar-refractivity contribution >= 4 is 23.2 Å². The molecular weight excluding hydrogens is 294 g/mol. The van der Waals surface area contributed by atoms with Crippen LogP contribution in [-0.4, -0.2) is 16.4 Å². The van der Waals surface area contributed by atoms with Crippen molar-refractivity contribution in [3.63, 3.8) is 0 Å². The van der Waals surface area contributed by atoms with Crippen LogP contribution in [0.5, 0.6) is 0 Å². The molecule has 1 aliphatic carbocycles. The molecule has 2 N–H and O–H groups in total. The SMILES string of the molecule is O=C(Cn1ccccc1=O)Nc1cccc(NC(=O)C2CC2)c1. The number of rotatable bonds is 5. The van der Waals surface area contributed by atoms with Crippen molar-refractivity contribution in [2.24, 2.45) is 5.92 Å². The molecule has 1 saturated carbocycles. The van der Waals surface area contributed by atoms with Gasteiger partial charge in [-0.3, -0.25) is 14.4 Å². The molecule has 2 amide bonds. The van der Waals surface area contributed by atoms with E-state index in [1.165, 1.54) is 10.6 Å². The molecule has 0 aliphatic heterocycles. The summed E-state index contributed by atoms with van der Waals surface area (Å²) in [6.45, 7) is -0.0572. The quantitative estimate of drug-likeness (QED) is 0.884. The van der Waals surface area contributed by atoms with Crippen molar-refractivity contribution in [3.05, 3.63) is 59.0 Å². The molecule has 1 aliphatic rings. The number of nitrogens with one attached hydrogen (secondary N) is 2. The average Bonchev–Trinajstić information content (AvgIpc) is 3.35. The normalized spacial score (nSPS) is 13.4. The molecule has 1 heterocycles. The third-order valence-corrected chi connectivity index (χ3v) is 3.57. The van der Waals surface area contributed by atoms with Crippen LogP contribution >= 0.6 is 0 Å². The van der Waals surface area contributed by atoms with Gasteiger partial charge in [-0.15, -0.1) is 0 Å². The fraction of sp³-hybridized carbons (Fsp3) is 0.235. The number of carbonyl (C=O) groups excluding carboxylic acids is 2. The first kappa shape index (κ1) is 15.0. The maximum Gasteiger partial charge on any atom is 0.250 e. The summed E-state index contributed by atoms with van der Waals surface area (Å²) in [5, 5.41) is 5.56. The maximum atomic E-state index is 12.0. The number of hydrogen-bond donors (Lipinski definition) is 2. The highest BCUT2D eigenvalue weighted by Crippen LogP contribution is 2.30. The minimum absolute atomic E-state index is 0.0179. The summed E-state index contributed by atoms with van der Waals surface area (Å²) in [6.07, 6.45) is 3.44. The van der Waals surface area contributed by atoms with Crippen LogP contribution in [0.2, 0.25) is 0 Å². The number of pyridine rings is 1. The molecule has 0 unspecified atom stereocenters. The van der Waals surface area contributed by atoms with Crippen LogP contribution in [0.3, 0.4) is 0 Å². The van der Waals surface area contributed by atoms with Crippen molar-refractivity contribution < 1.29 is 9.59 Å². The Hall–Kier alpha value is -2.89. The van der Waals surface area contributed by atoms with Gasteiger partial charge in [0.1, 0.15) is 6.54 Å². The molecule has 23 heavy (non-hydrogen) atoms. The fourth-order valence-electron chi connectivity index (χ4n) is 2.21. The Morgan fingerprint density at radius 2 is 1.78 bits per heavy atom. The Balaban J connectivity index is 1.63. The Morgan fingerprint density at radius 3 is 2.48 bits per heavy atom. The molecule has 0 bridgehead atoms. The predicted octanol–water partition coefficient (Wildman–Crippen LogP) is 1.84. The fourth-order valence-corrected chi connectivity index (χ4v) is 2.21. The number of amides is 2. The zero-order valence-corrected chi connectivity index (χ0v) is 12.5. The lowest BCUT2D eigenvalue weighted by molar-refractivity contribution is -0.117. The highest BCUT2D eigenvalue weighted by atomic mass is 16.2. The minimum Gasteiger partial charge on any atom is -0.326 e. The number of nitrogens with zero attached hydrogens (tertiary/aromatic N) is 1. The number of anilines is 2. The van der Waals surface area contributed by atoms with Gasteiger partial charge in [-0.05, 0) is 37.1 Å². The third kappa shape index (κ3) is 4.06. The van der Waals surface area contributed by atoms with Gasteiger partial charge < -0.3 is 15.2 Å². The molecule has 6 heteroatoms. The van der Waals surface area contributed by atoms with Gasteiger partial charge in [0.05, 0.1) is 0 Å². The zero-order chi connectivity index (χ0) is 16.2. The Labute approximate surface area is 133 Å². The summed E-state index contributed by atoms with van der Waals surface area (Å²) in [5.74, 6) is -0.161. The van der Waals surface area contributed by atoms with Crippen LogP contribution in [0.1, 0.15) is 12.8 Å². The summed E-state index contributed by atoms with van der Waals surface area (Å²) in [6, 6.07) is 11.7. The van der Waals surface area contributed by atoms with Crippen molar-refractivity contribution in [3.8, 4) is 0 Å². The van der Waals surface area contributed by atoms with Gasteiger partial charge in [0, 0.05) is 29.6 Å². The van der Waals surface area contributed by atoms with Gasteiger partial charge in [-0.25, -0.2) is 0 Å². The number of benzene rings is 1. The molecule has 3 rings (SSSR count). The van der Waals surface area contributed by atoms with Crippen LogP contribution in [0.15, 0.2) is 53.5 Å². The van der Waals surface area contributed by atoms with E-state index in [9.17, 15) is 14.4 Å². The molecule has 0 atom stereocenters. The van der Waals surface area contributed by atoms with E-state index in [1.54, 1.807) is 42.6 Å². The summed E-state index contributed by atoms with van der Waals surface area (Å²) in [5.41, 5.74) is 0.997. The summed E-state index contributed by atoms with van der Waals surface area (Å²) >= 11 is 0. The second-order valence-electron chi connectivity index (χ2n) is 5.56. The van der Waals surface area contributed by atoms with Crippen LogP contribution in [0.4, 0.5) is 11.4 Å². The van der Waals surface area contributed by atoms with E-state index in [-0.39, 0.29) is 29.8 Å². The maximum absolute atomic E-state index is 12.0. The van der Waals surface area contributed by atoms with Crippen LogP contribution in [0, 0.1) is 5.92 Å². The van der Waals surface area contributed by atoms with Gasteiger partial charge in [-0.1, -0.05) is 12.1 Å². The molecule has 0 saturated heterocycles. The lowest BCUT2D eigenvalue weighted by Crippen LogP contribution is -2.26. The molecule has 0 radical (unpaired) electrons. The van der Waals surface area contributed by atoms with Gasteiger partial charge in [0.2, 0.25) is 11.8 Å². The second kappa shape index (κ2) is 6.48. The molecule has 118 valence electrons. The van der Waals surface area contributed by atoms with E-state index in [2.05, 4.69) is 10.6 Å². The highest BCUT2D eigenvalue weighted by Gasteiger charge is 2.29. The molecule has 0 spiro atoms.